The highest BCUT2D eigenvalue weighted by Gasteiger charge is 2.05. The highest BCUT2D eigenvalue weighted by Crippen LogP contribution is 2.27. The van der Waals surface area contributed by atoms with Crippen LogP contribution in [0.4, 0.5) is 0 Å². The molecule has 0 saturated carbocycles. The first-order chi connectivity index (χ1) is 12.1. The summed E-state index contributed by atoms with van der Waals surface area (Å²) in [6.07, 6.45) is 3.12. The molecule has 0 aliphatic carbocycles. The summed E-state index contributed by atoms with van der Waals surface area (Å²) in [6, 6.07) is 11.5. The van der Waals surface area contributed by atoms with Crippen molar-refractivity contribution < 1.29 is 19.4 Å². The van der Waals surface area contributed by atoms with E-state index in [1.165, 1.54) is 12.1 Å². The van der Waals surface area contributed by atoms with Crippen molar-refractivity contribution in [3.8, 4) is 11.5 Å². The molecule has 6 heteroatoms. The zero-order chi connectivity index (χ0) is 18.1. The van der Waals surface area contributed by atoms with Crippen molar-refractivity contribution >= 4 is 23.5 Å². The lowest BCUT2D eigenvalue weighted by molar-refractivity contribution is 0.104. The highest BCUT2D eigenvalue weighted by molar-refractivity contribution is 6.30. The van der Waals surface area contributed by atoms with Crippen molar-refractivity contribution in [3.63, 3.8) is 0 Å². The minimum Gasteiger partial charge on any atom is -0.504 e. The minimum atomic E-state index is -0.137. The average Bonchev–Trinajstić information content (AvgIpc) is 2.62. The molecule has 3 N–H and O–H groups in total. The van der Waals surface area contributed by atoms with Gasteiger partial charge in [-0.1, -0.05) is 23.7 Å². The predicted octanol–water partition coefficient (Wildman–Crippen LogP) is 3.30. The molecule has 0 aromatic heterocycles. The molecular formula is C19H20ClNO4. The van der Waals surface area contributed by atoms with Gasteiger partial charge in [-0.2, -0.15) is 0 Å². The third-order valence-electron chi connectivity index (χ3n) is 3.29. The fourth-order valence-corrected chi connectivity index (χ4v) is 2.15. The number of aromatic hydroxyl groups is 1. The lowest BCUT2D eigenvalue weighted by Crippen LogP contribution is -2.13. The van der Waals surface area contributed by atoms with E-state index in [2.05, 4.69) is 0 Å². The molecule has 0 bridgehead atoms. The number of ether oxygens (including phenoxy) is 2. The molecule has 2 rings (SSSR count). The molecule has 0 heterocycles. The molecular weight excluding hydrogens is 342 g/mol. The quantitative estimate of drug-likeness (QED) is 0.407. The molecule has 0 saturated heterocycles. The van der Waals surface area contributed by atoms with Crippen LogP contribution in [0, 0.1) is 0 Å². The van der Waals surface area contributed by atoms with Crippen molar-refractivity contribution in [2.75, 3.05) is 26.4 Å². The topological polar surface area (TPSA) is 81.8 Å². The number of phenols is 1. The third-order valence-corrected chi connectivity index (χ3v) is 3.54. The summed E-state index contributed by atoms with van der Waals surface area (Å²) in [5, 5.41) is 10.4. The Bertz CT molecular complexity index is 729. The molecule has 25 heavy (non-hydrogen) atoms. The van der Waals surface area contributed by atoms with Crippen LogP contribution in [0.1, 0.15) is 15.9 Å². The number of carbonyl (C=O) groups excluding carboxylic acids is 1. The molecule has 0 aliphatic rings. The fourth-order valence-electron chi connectivity index (χ4n) is 2.03. The number of carbonyl (C=O) groups is 1. The van der Waals surface area contributed by atoms with Gasteiger partial charge in [-0.05, 0) is 48.0 Å². The van der Waals surface area contributed by atoms with Crippen molar-refractivity contribution in [1.29, 1.82) is 0 Å². The zero-order valence-electron chi connectivity index (χ0n) is 13.7. The van der Waals surface area contributed by atoms with Gasteiger partial charge in [0.1, 0.15) is 6.61 Å². The second-order valence-corrected chi connectivity index (χ2v) is 5.62. The van der Waals surface area contributed by atoms with E-state index < -0.39 is 0 Å². The standard InChI is InChI=1S/C19H20ClNO4/c20-16-5-3-15(4-6-16)17(22)7-1-14-2-8-18(23)19(13-14)25-12-11-24-10-9-21/h1-8,13,23H,9-12,21H2. The number of halogens is 1. The maximum Gasteiger partial charge on any atom is 0.185 e. The van der Waals surface area contributed by atoms with Gasteiger partial charge in [-0.3, -0.25) is 4.79 Å². The summed E-state index contributed by atoms with van der Waals surface area (Å²) < 4.78 is 10.7. The molecule has 0 atom stereocenters. The van der Waals surface area contributed by atoms with Gasteiger partial charge in [0.05, 0.1) is 13.2 Å². The summed E-state index contributed by atoms with van der Waals surface area (Å²) >= 11 is 5.81. The minimum absolute atomic E-state index is 0.0278. The summed E-state index contributed by atoms with van der Waals surface area (Å²) in [4.78, 5) is 12.1. The maximum atomic E-state index is 12.1. The molecule has 2 aromatic rings. The number of nitrogens with two attached hydrogens (primary N) is 1. The molecule has 0 fully saturated rings. The lowest BCUT2D eigenvalue weighted by Gasteiger charge is -2.09. The SMILES string of the molecule is NCCOCCOc1cc(C=CC(=O)c2ccc(Cl)cc2)ccc1O. The first-order valence-electron chi connectivity index (χ1n) is 7.82. The number of ketones is 1. The fraction of sp³-hybridized carbons (Fsp3) is 0.211. The average molecular weight is 362 g/mol. The number of phenolic OH excluding ortho intramolecular Hbond substituents is 1. The molecule has 0 spiro atoms. The van der Waals surface area contributed by atoms with E-state index in [1.54, 1.807) is 42.5 Å². The largest absolute Gasteiger partial charge is 0.504 e. The monoisotopic (exact) mass is 361 g/mol. The van der Waals surface area contributed by atoms with Crippen molar-refractivity contribution in [2.45, 2.75) is 0 Å². The Morgan fingerprint density at radius 2 is 1.88 bits per heavy atom. The first-order valence-corrected chi connectivity index (χ1v) is 8.19. The van der Waals surface area contributed by atoms with E-state index in [-0.39, 0.29) is 11.5 Å². The second kappa shape index (κ2) is 9.84. The van der Waals surface area contributed by atoms with Crippen molar-refractivity contribution in [3.05, 3.63) is 64.7 Å². The summed E-state index contributed by atoms with van der Waals surface area (Å²) in [5.74, 6) is 0.222. The molecule has 0 amide bonds. The molecule has 5 nitrogen and oxygen atoms in total. The Kier molecular flexibility index (Phi) is 7.47. The number of hydrogen-bond acceptors (Lipinski definition) is 5. The van der Waals surface area contributed by atoms with E-state index in [0.717, 1.165) is 5.56 Å². The van der Waals surface area contributed by atoms with Crippen LogP contribution in [0.15, 0.2) is 48.5 Å². The van der Waals surface area contributed by atoms with Crippen LogP contribution in [-0.4, -0.2) is 37.3 Å². The van der Waals surface area contributed by atoms with E-state index in [4.69, 9.17) is 26.8 Å². The number of benzene rings is 2. The van der Waals surface area contributed by atoms with E-state index in [0.29, 0.717) is 42.7 Å². The third kappa shape index (κ3) is 6.23. The van der Waals surface area contributed by atoms with Gasteiger partial charge in [0.2, 0.25) is 0 Å². The van der Waals surface area contributed by atoms with Gasteiger partial charge < -0.3 is 20.3 Å². The summed E-state index contributed by atoms with van der Waals surface area (Å²) in [6.45, 7) is 1.59. The Balaban J connectivity index is 1.98. The van der Waals surface area contributed by atoms with Crippen LogP contribution in [0.25, 0.3) is 6.08 Å². The van der Waals surface area contributed by atoms with Crippen LogP contribution >= 0.6 is 11.6 Å². The lowest BCUT2D eigenvalue weighted by atomic mass is 10.1. The molecule has 2 aromatic carbocycles. The Labute approximate surface area is 151 Å². The second-order valence-electron chi connectivity index (χ2n) is 5.18. The molecule has 0 radical (unpaired) electrons. The highest BCUT2D eigenvalue weighted by atomic mass is 35.5. The summed E-state index contributed by atoms with van der Waals surface area (Å²) in [7, 11) is 0. The first kappa shape index (κ1) is 19.0. The molecule has 0 aliphatic heterocycles. The van der Waals surface area contributed by atoms with E-state index in [9.17, 15) is 9.90 Å². The van der Waals surface area contributed by atoms with Gasteiger partial charge in [0, 0.05) is 17.1 Å². The summed E-state index contributed by atoms with van der Waals surface area (Å²) in [5.41, 5.74) is 6.61. The van der Waals surface area contributed by atoms with E-state index in [1.807, 2.05) is 0 Å². The van der Waals surface area contributed by atoms with Crippen molar-refractivity contribution in [2.24, 2.45) is 5.73 Å². The zero-order valence-corrected chi connectivity index (χ0v) is 14.4. The van der Waals surface area contributed by atoms with Crippen LogP contribution < -0.4 is 10.5 Å². The maximum absolute atomic E-state index is 12.1. The number of rotatable bonds is 9. The molecule has 132 valence electrons. The van der Waals surface area contributed by atoms with Gasteiger partial charge >= 0.3 is 0 Å². The number of hydrogen-bond donors (Lipinski definition) is 2. The van der Waals surface area contributed by atoms with Crippen LogP contribution in [0.3, 0.4) is 0 Å². The van der Waals surface area contributed by atoms with Crippen LogP contribution in [0.5, 0.6) is 11.5 Å². The van der Waals surface area contributed by atoms with Crippen molar-refractivity contribution in [1.82, 2.24) is 0 Å². The smallest absolute Gasteiger partial charge is 0.185 e. The van der Waals surface area contributed by atoms with E-state index >= 15 is 0 Å². The normalized spacial score (nSPS) is 11.0. The Morgan fingerprint density at radius 3 is 2.60 bits per heavy atom. The van der Waals surface area contributed by atoms with Gasteiger partial charge in [0.15, 0.2) is 17.3 Å². The van der Waals surface area contributed by atoms with Gasteiger partial charge in [0.25, 0.3) is 0 Å². The predicted molar refractivity (Wildman–Crippen MR) is 98.3 cm³/mol. The molecule has 0 unspecified atom stereocenters. The van der Waals surface area contributed by atoms with Gasteiger partial charge in [-0.25, -0.2) is 0 Å². The van der Waals surface area contributed by atoms with Crippen LogP contribution in [-0.2, 0) is 4.74 Å². The Hall–Kier alpha value is -2.34. The van der Waals surface area contributed by atoms with Crippen LogP contribution in [0.2, 0.25) is 5.02 Å². The van der Waals surface area contributed by atoms with Gasteiger partial charge in [-0.15, -0.1) is 0 Å². The Morgan fingerprint density at radius 1 is 1.12 bits per heavy atom. The number of allylic oxidation sites excluding steroid dienone is 1.